The van der Waals surface area contributed by atoms with E-state index in [1.165, 1.54) is 5.56 Å². The van der Waals surface area contributed by atoms with Gasteiger partial charge in [0.05, 0.1) is 12.1 Å². The molecule has 0 aromatic carbocycles. The highest BCUT2D eigenvalue weighted by Gasteiger charge is 2.31. The Hall–Kier alpha value is -0.720. The molecule has 1 aliphatic rings. The third kappa shape index (κ3) is 5.20. The summed E-state index contributed by atoms with van der Waals surface area (Å²) in [6.45, 7) is 6.41. The van der Waals surface area contributed by atoms with E-state index in [4.69, 9.17) is 0 Å². The highest BCUT2D eigenvalue weighted by atomic mass is 32.2. The van der Waals surface area contributed by atoms with E-state index in [-0.39, 0.29) is 0 Å². The molecule has 21 heavy (non-hydrogen) atoms. The maximum absolute atomic E-state index is 10.4. The fourth-order valence-electron chi connectivity index (χ4n) is 2.21. The molecule has 0 radical (unpaired) electrons. The number of rotatable bonds is 6. The molecule has 0 saturated carbocycles. The number of nitrogens with zero attached hydrogens (tertiary/aromatic N) is 1. The van der Waals surface area contributed by atoms with Crippen LogP contribution >= 0.6 is 23.1 Å². The zero-order valence-corrected chi connectivity index (χ0v) is 14.4. The second-order valence-electron chi connectivity index (χ2n) is 5.56. The zero-order chi connectivity index (χ0) is 15.1. The largest absolute Gasteiger partial charge is 0.387 e. The molecule has 6 heteroatoms. The van der Waals surface area contributed by atoms with Gasteiger partial charge in [0.2, 0.25) is 0 Å². The summed E-state index contributed by atoms with van der Waals surface area (Å²) in [5.41, 5.74) is 0.737. The van der Waals surface area contributed by atoms with Gasteiger partial charge in [-0.25, -0.2) is 0 Å². The first-order chi connectivity index (χ1) is 10.1. The first-order valence-corrected chi connectivity index (χ1v) is 9.57. The van der Waals surface area contributed by atoms with Crippen LogP contribution in [0, 0.1) is 0 Å². The fraction of sp³-hybridized carbons (Fsp3) is 0.667. The molecule has 2 unspecified atom stereocenters. The van der Waals surface area contributed by atoms with Crippen LogP contribution < -0.4 is 10.6 Å². The second-order valence-corrected chi connectivity index (χ2v) is 7.45. The number of aliphatic imine (C=N–C) groups is 1. The number of nitrogens with one attached hydrogen (secondary N) is 2. The van der Waals surface area contributed by atoms with E-state index in [0.717, 1.165) is 37.0 Å². The molecule has 1 saturated heterocycles. The van der Waals surface area contributed by atoms with Crippen molar-refractivity contribution in [1.29, 1.82) is 0 Å². The summed E-state index contributed by atoms with van der Waals surface area (Å²) in [6, 6.07) is 2.17. The highest BCUT2D eigenvalue weighted by molar-refractivity contribution is 7.99. The topological polar surface area (TPSA) is 56.7 Å². The number of thioether (sulfide) groups is 1. The van der Waals surface area contributed by atoms with Crippen LogP contribution in [0.1, 0.15) is 31.7 Å². The summed E-state index contributed by atoms with van der Waals surface area (Å²) < 4.78 is 0. The molecule has 2 atom stereocenters. The SMILES string of the molecule is CCNC(=NCC1(O)CCSC1)NCC(C)c1ccsc1. The molecule has 1 aromatic heterocycles. The lowest BCUT2D eigenvalue weighted by Crippen LogP contribution is -2.41. The fourth-order valence-corrected chi connectivity index (χ4v) is 4.28. The average Bonchev–Trinajstić information content (AvgIpc) is 3.13. The van der Waals surface area contributed by atoms with Crippen LogP contribution in [0.4, 0.5) is 0 Å². The van der Waals surface area contributed by atoms with Gasteiger partial charge in [-0.2, -0.15) is 23.1 Å². The summed E-state index contributed by atoms with van der Waals surface area (Å²) in [5.74, 6) is 3.07. The van der Waals surface area contributed by atoms with Gasteiger partial charge in [0.15, 0.2) is 5.96 Å². The van der Waals surface area contributed by atoms with Crippen molar-refractivity contribution in [3.8, 4) is 0 Å². The van der Waals surface area contributed by atoms with Gasteiger partial charge in [-0.05, 0) is 47.4 Å². The second kappa shape index (κ2) is 8.06. The van der Waals surface area contributed by atoms with E-state index in [2.05, 4.69) is 46.3 Å². The van der Waals surface area contributed by atoms with Crippen molar-refractivity contribution in [2.75, 3.05) is 31.1 Å². The van der Waals surface area contributed by atoms with Crippen molar-refractivity contribution >= 4 is 29.1 Å². The summed E-state index contributed by atoms with van der Waals surface area (Å²) in [6.07, 6.45) is 0.839. The first-order valence-electron chi connectivity index (χ1n) is 7.47. The van der Waals surface area contributed by atoms with Crippen LogP contribution in [0.5, 0.6) is 0 Å². The van der Waals surface area contributed by atoms with Crippen molar-refractivity contribution in [3.05, 3.63) is 22.4 Å². The number of guanidine groups is 1. The van der Waals surface area contributed by atoms with Crippen molar-refractivity contribution in [3.63, 3.8) is 0 Å². The Morgan fingerprint density at radius 3 is 3.00 bits per heavy atom. The van der Waals surface area contributed by atoms with E-state index in [1.807, 2.05) is 0 Å². The van der Waals surface area contributed by atoms with Crippen molar-refractivity contribution in [2.24, 2.45) is 4.99 Å². The maximum atomic E-state index is 10.4. The predicted molar refractivity (Wildman–Crippen MR) is 93.6 cm³/mol. The average molecular weight is 328 g/mol. The summed E-state index contributed by atoms with van der Waals surface area (Å²) in [5, 5.41) is 21.3. The molecule has 0 aliphatic carbocycles. The zero-order valence-electron chi connectivity index (χ0n) is 12.8. The predicted octanol–water partition coefficient (Wildman–Crippen LogP) is 2.27. The molecule has 1 aromatic rings. The normalized spacial score (nSPS) is 24.0. The van der Waals surface area contributed by atoms with Gasteiger partial charge in [-0.1, -0.05) is 6.92 Å². The van der Waals surface area contributed by atoms with Gasteiger partial charge in [0, 0.05) is 18.8 Å². The molecular weight excluding hydrogens is 302 g/mol. The van der Waals surface area contributed by atoms with Crippen LogP contribution in [-0.2, 0) is 0 Å². The molecule has 2 heterocycles. The standard InChI is InChI=1S/C15H25N3OS2/c1-3-16-14(18-10-15(19)5-7-21-11-15)17-8-12(2)13-4-6-20-9-13/h4,6,9,12,19H,3,5,7-8,10-11H2,1-2H3,(H2,16,17,18). The lowest BCUT2D eigenvalue weighted by atomic mass is 10.0. The summed E-state index contributed by atoms with van der Waals surface area (Å²) >= 11 is 3.53. The van der Waals surface area contributed by atoms with Crippen molar-refractivity contribution in [1.82, 2.24) is 10.6 Å². The molecule has 0 spiro atoms. The van der Waals surface area contributed by atoms with E-state index >= 15 is 0 Å². The number of thiophene rings is 1. The van der Waals surface area contributed by atoms with Crippen LogP contribution in [0.25, 0.3) is 0 Å². The Morgan fingerprint density at radius 2 is 2.38 bits per heavy atom. The first kappa shape index (κ1) is 16.6. The smallest absolute Gasteiger partial charge is 0.191 e. The minimum atomic E-state index is -0.619. The number of hydrogen-bond acceptors (Lipinski definition) is 4. The van der Waals surface area contributed by atoms with Crippen molar-refractivity contribution < 1.29 is 5.11 Å². The van der Waals surface area contributed by atoms with Crippen LogP contribution in [0.2, 0.25) is 0 Å². The minimum absolute atomic E-state index is 0.449. The number of aliphatic hydroxyl groups is 1. The van der Waals surface area contributed by atoms with E-state index in [1.54, 1.807) is 23.1 Å². The Bertz CT molecular complexity index is 442. The van der Waals surface area contributed by atoms with Crippen LogP contribution in [0.3, 0.4) is 0 Å². The molecule has 0 amide bonds. The monoisotopic (exact) mass is 327 g/mol. The van der Waals surface area contributed by atoms with Gasteiger partial charge < -0.3 is 15.7 Å². The molecule has 0 bridgehead atoms. The quantitative estimate of drug-likeness (QED) is 0.554. The lowest BCUT2D eigenvalue weighted by Gasteiger charge is -2.20. The molecular formula is C15H25N3OS2. The molecule has 118 valence electrons. The molecule has 2 rings (SSSR count). The Kier molecular flexibility index (Phi) is 6.39. The van der Waals surface area contributed by atoms with E-state index in [9.17, 15) is 5.11 Å². The van der Waals surface area contributed by atoms with Gasteiger partial charge in [-0.15, -0.1) is 0 Å². The molecule has 1 fully saturated rings. The third-order valence-corrected chi connectivity index (χ3v) is 5.58. The summed E-state index contributed by atoms with van der Waals surface area (Å²) in [7, 11) is 0. The van der Waals surface area contributed by atoms with E-state index in [0.29, 0.717) is 12.5 Å². The molecule has 4 nitrogen and oxygen atoms in total. The Labute approximate surface area is 135 Å². The maximum Gasteiger partial charge on any atom is 0.191 e. The third-order valence-electron chi connectivity index (χ3n) is 3.65. The molecule has 3 N–H and O–H groups in total. The van der Waals surface area contributed by atoms with Gasteiger partial charge in [0.1, 0.15) is 0 Å². The summed E-state index contributed by atoms with van der Waals surface area (Å²) in [4.78, 5) is 4.55. The molecule has 1 aliphatic heterocycles. The van der Waals surface area contributed by atoms with Crippen LogP contribution in [-0.4, -0.2) is 47.8 Å². The van der Waals surface area contributed by atoms with E-state index < -0.39 is 5.60 Å². The Morgan fingerprint density at radius 1 is 1.52 bits per heavy atom. The minimum Gasteiger partial charge on any atom is -0.387 e. The number of hydrogen-bond donors (Lipinski definition) is 3. The van der Waals surface area contributed by atoms with Crippen molar-refractivity contribution in [2.45, 2.75) is 31.8 Å². The van der Waals surface area contributed by atoms with Crippen LogP contribution in [0.15, 0.2) is 21.8 Å². The van der Waals surface area contributed by atoms with Gasteiger partial charge in [-0.3, -0.25) is 4.99 Å². The highest BCUT2D eigenvalue weighted by Crippen LogP contribution is 2.27. The van der Waals surface area contributed by atoms with Gasteiger partial charge >= 0.3 is 0 Å². The Balaban J connectivity index is 1.86. The van der Waals surface area contributed by atoms with Gasteiger partial charge in [0.25, 0.3) is 0 Å². The lowest BCUT2D eigenvalue weighted by molar-refractivity contribution is 0.0778.